The standard InChI is InChI=1S/C21H23ClN2O5/c1-11(2)10-29-21(26)18-12(3)23-16-5-4-6-17(25)20(16)19(18)14-9-13(24(27)28)7-8-15(14)22/h7-9,11,18-19H,4-6,10H2,1-3H3/t18?,19-/m1/s1. The van der Waals surface area contributed by atoms with Crippen LogP contribution in [0.1, 0.15) is 51.5 Å². The van der Waals surface area contributed by atoms with E-state index in [0.717, 1.165) is 0 Å². The van der Waals surface area contributed by atoms with Crippen LogP contribution in [-0.4, -0.2) is 29.0 Å². The minimum atomic E-state index is -0.853. The molecule has 0 N–H and O–H groups in total. The number of Topliss-reactive ketones (excluding diaryl/α,β-unsaturated/α-hetero) is 1. The Bertz CT molecular complexity index is 935. The molecule has 0 spiro atoms. The maximum absolute atomic E-state index is 13.0. The number of aliphatic imine (C=N–C) groups is 1. The van der Waals surface area contributed by atoms with Gasteiger partial charge < -0.3 is 4.74 Å². The van der Waals surface area contributed by atoms with Gasteiger partial charge in [-0.1, -0.05) is 25.4 Å². The molecule has 1 unspecified atom stereocenters. The minimum absolute atomic E-state index is 0.100. The van der Waals surface area contributed by atoms with E-state index >= 15 is 0 Å². The van der Waals surface area contributed by atoms with Crippen LogP contribution in [0.4, 0.5) is 5.69 Å². The summed E-state index contributed by atoms with van der Waals surface area (Å²) in [5.41, 5.74) is 1.82. The van der Waals surface area contributed by atoms with Gasteiger partial charge in [0.25, 0.3) is 5.69 Å². The van der Waals surface area contributed by atoms with Crippen molar-refractivity contribution in [3.8, 4) is 0 Å². The number of nitro benzene ring substituents is 1. The highest BCUT2D eigenvalue weighted by Crippen LogP contribution is 2.46. The average Bonchev–Trinajstić information content (AvgIpc) is 2.65. The summed E-state index contributed by atoms with van der Waals surface area (Å²) < 4.78 is 5.47. The van der Waals surface area contributed by atoms with E-state index < -0.39 is 22.7 Å². The van der Waals surface area contributed by atoms with Crippen molar-refractivity contribution < 1.29 is 19.2 Å². The summed E-state index contributed by atoms with van der Waals surface area (Å²) in [7, 11) is 0. The predicted molar refractivity (Wildman–Crippen MR) is 109 cm³/mol. The number of halogens is 1. The Labute approximate surface area is 173 Å². The molecule has 154 valence electrons. The van der Waals surface area contributed by atoms with Crippen molar-refractivity contribution >= 4 is 34.8 Å². The van der Waals surface area contributed by atoms with Gasteiger partial charge in [0.2, 0.25) is 0 Å². The molecule has 1 aromatic carbocycles. The van der Waals surface area contributed by atoms with Gasteiger partial charge >= 0.3 is 5.97 Å². The van der Waals surface area contributed by atoms with Crippen LogP contribution in [0.25, 0.3) is 0 Å². The Morgan fingerprint density at radius 3 is 2.76 bits per heavy atom. The van der Waals surface area contributed by atoms with E-state index in [4.69, 9.17) is 16.3 Å². The minimum Gasteiger partial charge on any atom is -0.465 e. The third-order valence-corrected chi connectivity index (χ3v) is 5.52. The lowest BCUT2D eigenvalue weighted by molar-refractivity contribution is -0.384. The van der Waals surface area contributed by atoms with Gasteiger partial charge in [-0.25, -0.2) is 0 Å². The Hall–Kier alpha value is -2.54. The number of benzene rings is 1. The summed E-state index contributed by atoms with van der Waals surface area (Å²) in [4.78, 5) is 41.2. The van der Waals surface area contributed by atoms with Crippen LogP contribution < -0.4 is 0 Å². The van der Waals surface area contributed by atoms with Gasteiger partial charge in [-0.05, 0) is 37.3 Å². The molecule has 0 aromatic heterocycles. The average molecular weight is 419 g/mol. The molecule has 0 radical (unpaired) electrons. The number of hydrogen-bond donors (Lipinski definition) is 0. The van der Waals surface area contributed by atoms with E-state index in [2.05, 4.69) is 4.99 Å². The Kier molecular flexibility index (Phi) is 6.17. The summed E-state index contributed by atoms with van der Waals surface area (Å²) in [5, 5.41) is 11.6. The van der Waals surface area contributed by atoms with Crippen LogP contribution in [0.2, 0.25) is 5.02 Å². The zero-order chi connectivity index (χ0) is 21.3. The second-order valence-corrected chi connectivity index (χ2v) is 8.24. The number of nitrogens with zero attached hydrogens (tertiary/aromatic N) is 2. The number of esters is 1. The van der Waals surface area contributed by atoms with Crippen LogP contribution in [0.5, 0.6) is 0 Å². The van der Waals surface area contributed by atoms with E-state index in [0.29, 0.717) is 41.8 Å². The van der Waals surface area contributed by atoms with E-state index in [1.54, 1.807) is 6.92 Å². The van der Waals surface area contributed by atoms with E-state index in [1.807, 2.05) is 13.8 Å². The molecule has 0 bridgehead atoms. The zero-order valence-corrected chi connectivity index (χ0v) is 17.4. The molecule has 2 atom stereocenters. The number of ether oxygens (including phenoxy) is 1. The van der Waals surface area contributed by atoms with Crippen molar-refractivity contribution in [1.29, 1.82) is 0 Å². The molecule has 1 aromatic rings. The normalized spacial score (nSPS) is 21.7. The molecule has 1 heterocycles. The quantitative estimate of drug-likeness (QED) is 0.394. The molecule has 0 saturated carbocycles. The number of rotatable bonds is 5. The molecular formula is C21H23ClN2O5. The monoisotopic (exact) mass is 418 g/mol. The largest absolute Gasteiger partial charge is 0.465 e. The van der Waals surface area contributed by atoms with Crippen molar-refractivity contribution in [2.45, 2.75) is 46.0 Å². The van der Waals surface area contributed by atoms with Crippen molar-refractivity contribution in [2.75, 3.05) is 6.61 Å². The Balaban J connectivity index is 2.16. The summed E-state index contributed by atoms with van der Waals surface area (Å²) in [6.45, 7) is 5.81. The first-order valence-corrected chi connectivity index (χ1v) is 10.0. The topological polar surface area (TPSA) is 98.9 Å². The molecule has 0 amide bonds. The fraction of sp³-hybridized carbons (Fsp3) is 0.476. The summed E-state index contributed by atoms with van der Waals surface area (Å²) in [6.07, 6.45) is 1.66. The summed E-state index contributed by atoms with van der Waals surface area (Å²) >= 11 is 6.41. The molecule has 29 heavy (non-hydrogen) atoms. The lowest BCUT2D eigenvalue weighted by atomic mass is 9.71. The maximum Gasteiger partial charge on any atom is 0.315 e. The maximum atomic E-state index is 13.0. The Morgan fingerprint density at radius 2 is 2.10 bits per heavy atom. The van der Waals surface area contributed by atoms with E-state index in [-0.39, 0.29) is 29.0 Å². The fourth-order valence-electron chi connectivity index (χ4n) is 3.87. The number of carbonyl (C=O) groups excluding carboxylic acids is 2. The van der Waals surface area contributed by atoms with Crippen molar-refractivity contribution in [3.63, 3.8) is 0 Å². The highest BCUT2D eigenvalue weighted by atomic mass is 35.5. The molecular weight excluding hydrogens is 396 g/mol. The van der Waals surface area contributed by atoms with Crippen LogP contribution in [0.15, 0.2) is 34.5 Å². The van der Waals surface area contributed by atoms with Crippen LogP contribution in [0.3, 0.4) is 0 Å². The number of hydrogen-bond acceptors (Lipinski definition) is 6. The van der Waals surface area contributed by atoms with Crippen molar-refractivity contribution in [3.05, 3.63) is 50.2 Å². The van der Waals surface area contributed by atoms with Gasteiger partial charge in [0.1, 0.15) is 5.92 Å². The first-order valence-electron chi connectivity index (χ1n) is 9.62. The van der Waals surface area contributed by atoms with Gasteiger partial charge in [0.05, 0.1) is 11.5 Å². The smallest absolute Gasteiger partial charge is 0.315 e. The number of non-ortho nitro benzene ring substituents is 1. The van der Waals surface area contributed by atoms with E-state index in [9.17, 15) is 19.7 Å². The summed E-state index contributed by atoms with van der Waals surface area (Å²) in [5.74, 6) is -2.06. The molecule has 1 aliphatic heterocycles. The lowest BCUT2D eigenvalue weighted by Crippen LogP contribution is -2.37. The first-order chi connectivity index (χ1) is 13.7. The van der Waals surface area contributed by atoms with Crippen molar-refractivity contribution in [2.24, 2.45) is 16.8 Å². The molecule has 2 aliphatic rings. The lowest BCUT2D eigenvalue weighted by Gasteiger charge is -2.34. The molecule has 7 nitrogen and oxygen atoms in total. The second kappa shape index (κ2) is 8.45. The zero-order valence-electron chi connectivity index (χ0n) is 16.6. The van der Waals surface area contributed by atoms with Crippen molar-refractivity contribution in [1.82, 2.24) is 0 Å². The van der Waals surface area contributed by atoms with Gasteiger partial charge in [0.15, 0.2) is 5.78 Å². The molecule has 1 aliphatic carbocycles. The molecule has 8 heteroatoms. The highest BCUT2D eigenvalue weighted by molar-refractivity contribution is 6.31. The van der Waals surface area contributed by atoms with Crippen LogP contribution in [-0.2, 0) is 14.3 Å². The van der Waals surface area contributed by atoms with Gasteiger partial charge in [-0.3, -0.25) is 24.7 Å². The third kappa shape index (κ3) is 4.24. The van der Waals surface area contributed by atoms with E-state index in [1.165, 1.54) is 18.2 Å². The molecule has 0 fully saturated rings. The predicted octanol–water partition coefficient (Wildman–Crippen LogP) is 4.63. The van der Waals surface area contributed by atoms with Crippen LogP contribution >= 0.6 is 11.6 Å². The number of ketones is 1. The van der Waals surface area contributed by atoms with Gasteiger partial charge in [-0.2, -0.15) is 0 Å². The second-order valence-electron chi connectivity index (χ2n) is 7.83. The highest BCUT2D eigenvalue weighted by Gasteiger charge is 2.44. The van der Waals surface area contributed by atoms with Gasteiger partial charge in [-0.15, -0.1) is 0 Å². The first kappa shape index (κ1) is 21.2. The number of carbonyl (C=O) groups is 2. The fourth-order valence-corrected chi connectivity index (χ4v) is 4.10. The number of allylic oxidation sites excluding steroid dienone is 2. The molecule has 3 rings (SSSR count). The van der Waals surface area contributed by atoms with Crippen LogP contribution in [0, 0.1) is 22.0 Å². The molecule has 0 saturated heterocycles. The van der Waals surface area contributed by atoms with Gasteiger partial charge in [0, 0.05) is 46.5 Å². The number of nitro groups is 1. The summed E-state index contributed by atoms with van der Waals surface area (Å²) in [6, 6.07) is 4.08. The third-order valence-electron chi connectivity index (χ3n) is 5.17. The Morgan fingerprint density at radius 1 is 1.38 bits per heavy atom. The SMILES string of the molecule is CC1=NC2=C(C(=O)CCC2)[C@H](c2cc([N+](=O)[O-])ccc2Cl)C1C(=O)OCC(C)C.